The zero-order valence-electron chi connectivity index (χ0n) is 12.2. The number of hydrogen-bond donors (Lipinski definition) is 3. The van der Waals surface area contributed by atoms with Crippen LogP contribution in [0.3, 0.4) is 0 Å². The molecule has 1 aromatic heterocycles. The largest absolute Gasteiger partial charge is 0.473 e. The number of pyridine rings is 1. The minimum absolute atomic E-state index is 0.0278. The van der Waals surface area contributed by atoms with Crippen molar-refractivity contribution in [3.8, 4) is 5.88 Å². The number of rotatable bonds is 7. The third-order valence-corrected chi connectivity index (χ3v) is 3.11. The Bertz CT molecular complexity index is 410. The van der Waals surface area contributed by atoms with Gasteiger partial charge < -0.3 is 20.9 Å². The molecule has 0 spiro atoms. The molecule has 0 saturated carbocycles. The molecule has 1 rings (SSSR count). The summed E-state index contributed by atoms with van der Waals surface area (Å²) in [6, 6.07) is 3.61. The Morgan fingerprint density at radius 2 is 2.16 bits per heavy atom. The number of nitrogens with zero attached hydrogens (tertiary/aromatic N) is 1. The fourth-order valence-corrected chi connectivity index (χ4v) is 1.72. The summed E-state index contributed by atoms with van der Waals surface area (Å²) in [6.45, 7) is 8.14. The molecule has 0 saturated heterocycles. The zero-order valence-corrected chi connectivity index (χ0v) is 12.2. The SMILES string of the molecule is CCC(C)(CCO)Nc1ccc(N)c(OC(C)C)n1. The van der Waals surface area contributed by atoms with Gasteiger partial charge in [0.25, 0.3) is 0 Å². The number of aliphatic hydroxyl groups excluding tert-OH is 1. The van der Waals surface area contributed by atoms with Crippen molar-refractivity contribution < 1.29 is 9.84 Å². The average molecular weight is 267 g/mol. The summed E-state index contributed by atoms with van der Waals surface area (Å²) in [5, 5.41) is 12.5. The van der Waals surface area contributed by atoms with Crippen LogP contribution in [0.5, 0.6) is 5.88 Å². The maximum Gasteiger partial charge on any atom is 0.239 e. The summed E-state index contributed by atoms with van der Waals surface area (Å²) in [4.78, 5) is 4.39. The van der Waals surface area contributed by atoms with Crippen LogP contribution in [0, 0.1) is 0 Å². The first kappa shape index (κ1) is 15.6. The lowest BCUT2D eigenvalue weighted by Crippen LogP contribution is -2.35. The molecule has 0 aromatic carbocycles. The molecule has 0 bridgehead atoms. The Balaban J connectivity index is 2.89. The molecule has 0 aliphatic rings. The van der Waals surface area contributed by atoms with E-state index in [1.165, 1.54) is 0 Å². The van der Waals surface area contributed by atoms with Gasteiger partial charge in [0.1, 0.15) is 5.82 Å². The van der Waals surface area contributed by atoms with Crippen LogP contribution in [0.15, 0.2) is 12.1 Å². The number of nitrogens with two attached hydrogens (primary N) is 1. The molecule has 0 amide bonds. The topological polar surface area (TPSA) is 80.4 Å². The third kappa shape index (κ3) is 4.59. The molecular weight excluding hydrogens is 242 g/mol. The average Bonchev–Trinajstić information content (AvgIpc) is 2.33. The van der Waals surface area contributed by atoms with Crippen molar-refractivity contribution in [3.63, 3.8) is 0 Å². The molecule has 0 radical (unpaired) electrons. The number of hydrogen-bond acceptors (Lipinski definition) is 5. The van der Waals surface area contributed by atoms with Crippen LogP contribution in [0.1, 0.15) is 40.5 Å². The van der Waals surface area contributed by atoms with E-state index in [4.69, 9.17) is 15.6 Å². The van der Waals surface area contributed by atoms with Crippen LogP contribution < -0.4 is 15.8 Å². The maximum atomic E-state index is 9.12. The Kier molecular flexibility index (Phi) is 5.42. The van der Waals surface area contributed by atoms with E-state index in [0.29, 0.717) is 23.8 Å². The molecule has 0 aliphatic heterocycles. The van der Waals surface area contributed by atoms with Gasteiger partial charge >= 0.3 is 0 Å². The van der Waals surface area contributed by atoms with Gasteiger partial charge in [0, 0.05) is 12.1 Å². The summed E-state index contributed by atoms with van der Waals surface area (Å²) in [5.41, 5.74) is 6.18. The summed E-state index contributed by atoms with van der Waals surface area (Å²) >= 11 is 0. The second-order valence-electron chi connectivity index (χ2n) is 5.27. The van der Waals surface area contributed by atoms with Crippen molar-refractivity contribution in [1.29, 1.82) is 0 Å². The molecule has 1 aromatic rings. The lowest BCUT2D eigenvalue weighted by molar-refractivity contribution is 0.234. The van der Waals surface area contributed by atoms with Gasteiger partial charge in [-0.3, -0.25) is 0 Å². The number of nitrogens with one attached hydrogen (secondary N) is 1. The quantitative estimate of drug-likeness (QED) is 0.707. The van der Waals surface area contributed by atoms with Crippen LogP contribution in [0.4, 0.5) is 11.5 Å². The predicted octanol–water partition coefficient (Wildman–Crippen LogP) is 2.41. The first-order valence-electron chi connectivity index (χ1n) is 6.72. The Hall–Kier alpha value is -1.49. The summed E-state index contributed by atoms with van der Waals surface area (Å²) in [5.74, 6) is 1.16. The molecular formula is C14H25N3O2. The minimum Gasteiger partial charge on any atom is -0.473 e. The third-order valence-electron chi connectivity index (χ3n) is 3.11. The highest BCUT2D eigenvalue weighted by molar-refractivity contribution is 5.54. The van der Waals surface area contributed by atoms with Crippen molar-refractivity contribution in [3.05, 3.63) is 12.1 Å². The molecule has 0 aliphatic carbocycles. The van der Waals surface area contributed by atoms with Crippen molar-refractivity contribution in [2.75, 3.05) is 17.7 Å². The number of aliphatic hydroxyl groups is 1. The number of aromatic nitrogens is 1. The van der Waals surface area contributed by atoms with E-state index in [0.717, 1.165) is 6.42 Å². The molecule has 1 heterocycles. The molecule has 5 heteroatoms. The monoisotopic (exact) mass is 267 g/mol. The van der Waals surface area contributed by atoms with E-state index < -0.39 is 0 Å². The van der Waals surface area contributed by atoms with Gasteiger partial charge in [-0.25, -0.2) is 0 Å². The highest BCUT2D eigenvalue weighted by Crippen LogP contribution is 2.26. The Morgan fingerprint density at radius 1 is 1.47 bits per heavy atom. The maximum absolute atomic E-state index is 9.12. The van der Waals surface area contributed by atoms with E-state index in [2.05, 4.69) is 24.1 Å². The normalized spacial score (nSPS) is 14.2. The van der Waals surface area contributed by atoms with Crippen molar-refractivity contribution in [2.24, 2.45) is 0 Å². The first-order chi connectivity index (χ1) is 8.90. The molecule has 5 nitrogen and oxygen atoms in total. The molecule has 108 valence electrons. The van der Waals surface area contributed by atoms with Crippen molar-refractivity contribution in [2.45, 2.75) is 52.2 Å². The first-order valence-corrected chi connectivity index (χ1v) is 6.72. The Morgan fingerprint density at radius 3 is 2.68 bits per heavy atom. The smallest absolute Gasteiger partial charge is 0.239 e. The van der Waals surface area contributed by atoms with E-state index in [9.17, 15) is 0 Å². The second-order valence-corrected chi connectivity index (χ2v) is 5.27. The van der Waals surface area contributed by atoms with E-state index in [1.807, 2.05) is 19.9 Å². The van der Waals surface area contributed by atoms with Crippen molar-refractivity contribution >= 4 is 11.5 Å². The van der Waals surface area contributed by atoms with Gasteiger partial charge in [0.05, 0.1) is 11.8 Å². The Labute approximate surface area is 115 Å². The van der Waals surface area contributed by atoms with E-state index in [-0.39, 0.29) is 18.2 Å². The summed E-state index contributed by atoms with van der Waals surface area (Å²) in [7, 11) is 0. The van der Waals surface area contributed by atoms with E-state index >= 15 is 0 Å². The fraction of sp³-hybridized carbons (Fsp3) is 0.643. The van der Waals surface area contributed by atoms with Crippen LogP contribution in [-0.4, -0.2) is 28.3 Å². The lowest BCUT2D eigenvalue weighted by Gasteiger charge is -2.29. The second kappa shape index (κ2) is 6.61. The van der Waals surface area contributed by atoms with Gasteiger partial charge in [0.2, 0.25) is 5.88 Å². The molecule has 1 unspecified atom stereocenters. The molecule has 4 N–H and O–H groups in total. The summed E-state index contributed by atoms with van der Waals surface area (Å²) in [6.07, 6.45) is 1.58. The molecule has 0 fully saturated rings. The van der Waals surface area contributed by atoms with Crippen LogP contribution >= 0.6 is 0 Å². The highest BCUT2D eigenvalue weighted by Gasteiger charge is 2.22. The van der Waals surface area contributed by atoms with Crippen LogP contribution in [0.2, 0.25) is 0 Å². The molecule has 19 heavy (non-hydrogen) atoms. The standard InChI is InChI=1S/C14H25N3O2/c1-5-14(4,8-9-18)17-12-7-6-11(15)13(16-12)19-10(2)3/h6-7,10,18H,5,8-9,15H2,1-4H3,(H,16,17). The number of anilines is 2. The van der Waals surface area contributed by atoms with E-state index in [1.54, 1.807) is 6.07 Å². The zero-order chi connectivity index (χ0) is 14.5. The number of ether oxygens (including phenoxy) is 1. The van der Waals surface area contributed by atoms with Crippen LogP contribution in [0.25, 0.3) is 0 Å². The van der Waals surface area contributed by atoms with Crippen molar-refractivity contribution in [1.82, 2.24) is 4.98 Å². The van der Waals surface area contributed by atoms with Crippen LogP contribution in [-0.2, 0) is 0 Å². The lowest BCUT2D eigenvalue weighted by atomic mass is 9.95. The molecule has 1 atom stereocenters. The van der Waals surface area contributed by atoms with Gasteiger partial charge in [-0.2, -0.15) is 4.98 Å². The van der Waals surface area contributed by atoms with Gasteiger partial charge in [0.15, 0.2) is 0 Å². The van der Waals surface area contributed by atoms with Gasteiger partial charge in [-0.05, 0) is 45.7 Å². The fourth-order valence-electron chi connectivity index (χ4n) is 1.72. The predicted molar refractivity (Wildman–Crippen MR) is 78.4 cm³/mol. The summed E-state index contributed by atoms with van der Waals surface area (Å²) < 4.78 is 5.57. The number of nitrogen functional groups attached to an aromatic ring is 1. The minimum atomic E-state index is -0.188. The highest BCUT2D eigenvalue weighted by atomic mass is 16.5. The van der Waals surface area contributed by atoms with Gasteiger partial charge in [-0.15, -0.1) is 0 Å². The van der Waals surface area contributed by atoms with Gasteiger partial charge in [-0.1, -0.05) is 6.92 Å².